The van der Waals surface area contributed by atoms with Crippen LogP contribution in [0.15, 0.2) is 0 Å². The van der Waals surface area contributed by atoms with Crippen LogP contribution in [0.25, 0.3) is 0 Å². The normalized spacial score (nSPS) is 24.9. The molecule has 0 aromatic heterocycles. The van der Waals surface area contributed by atoms with Crippen molar-refractivity contribution in [3.05, 3.63) is 0 Å². The van der Waals surface area contributed by atoms with Crippen LogP contribution in [0.2, 0.25) is 0 Å². The highest BCUT2D eigenvalue weighted by Crippen LogP contribution is 2.38. The van der Waals surface area contributed by atoms with E-state index in [0.29, 0.717) is 4.99 Å². The second-order valence-electron chi connectivity index (χ2n) is 5.38. The third-order valence-electron chi connectivity index (χ3n) is 4.13. The van der Waals surface area contributed by atoms with E-state index in [1.54, 1.807) is 0 Å². The number of piperazine rings is 1. The van der Waals surface area contributed by atoms with Crippen molar-refractivity contribution in [2.45, 2.75) is 25.7 Å². The number of nitrogens with one attached hydrogen (secondary N) is 1. The molecule has 5 nitrogen and oxygen atoms in total. The Hall–Kier alpha value is -0.720. The molecule has 2 fully saturated rings. The van der Waals surface area contributed by atoms with Crippen molar-refractivity contribution in [1.82, 2.24) is 15.3 Å². The highest BCUT2D eigenvalue weighted by molar-refractivity contribution is 7.80. The van der Waals surface area contributed by atoms with Crippen LogP contribution >= 0.6 is 12.2 Å². The maximum Gasteiger partial charge on any atom is 0.247 e. The van der Waals surface area contributed by atoms with E-state index in [9.17, 15) is 4.79 Å². The number of hydrazine groups is 1. The molecule has 1 saturated heterocycles. The van der Waals surface area contributed by atoms with Crippen molar-refractivity contribution < 1.29 is 4.79 Å². The predicted octanol–water partition coefficient (Wildman–Crippen LogP) is 0.112. The minimum absolute atomic E-state index is 0.00273. The molecule has 6 heteroatoms. The molecule has 18 heavy (non-hydrogen) atoms. The lowest BCUT2D eigenvalue weighted by atomic mass is 9.85. The van der Waals surface area contributed by atoms with Gasteiger partial charge in [-0.15, -0.1) is 0 Å². The number of carbonyl (C=O) groups is 1. The Morgan fingerprint density at radius 1 is 1.22 bits per heavy atom. The van der Waals surface area contributed by atoms with Crippen LogP contribution in [-0.4, -0.2) is 54.0 Å². The molecule has 1 aliphatic heterocycles. The summed E-state index contributed by atoms with van der Waals surface area (Å²) in [6, 6.07) is 0. The Bertz CT molecular complexity index is 333. The Labute approximate surface area is 114 Å². The maximum atomic E-state index is 12.4. The van der Waals surface area contributed by atoms with Crippen LogP contribution in [0, 0.1) is 5.41 Å². The zero-order chi connectivity index (χ0) is 13.2. The van der Waals surface area contributed by atoms with Crippen LogP contribution < -0.4 is 11.2 Å². The summed E-state index contributed by atoms with van der Waals surface area (Å²) >= 11 is 5.12. The quantitative estimate of drug-likeness (QED) is 0.713. The summed E-state index contributed by atoms with van der Waals surface area (Å²) in [7, 11) is 2.09. The van der Waals surface area contributed by atoms with Gasteiger partial charge in [-0.2, -0.15) is 0 Å². The minimum Gasteiger partial charge on any atom is -0.392 e. The number of carbonyl (C=O) groups excluding carboxylic acids is 1. The third-order valence-corrected chi connectivity index (χ3v) is 4.52. The van der Waals surface area contributed by atoms with E-state index in [1.807, 2.05) is 5.01 Å². The summed E-state index contributed by atoms with van der Waals surface area (Å²) in [5.74, 6) is -0.00273. The largest absolute Gasteiger partial charge is 0.392 e. The molecule has 2 rings (SSSR count). The smallest absolute Gasteiger partial charge is 0.247 e. The first-order valence-electron chi connectivity index (χ1n) is 6.59. The average molecular weight is 270 g/mol. The van der Waals surface area contributed by atoms with Crippen LogP contribution in [0.4, 0.5) is 0 Å². The molecule has 0 bridgehead atoms. The van der Waals surface area contributed by atoms with Gasteiger partial charge in [-0.25, -0.2) is 5.01 Å². The molecule has 0 radical (unpaired) electrons. The molecule has 2 aliphatic rings. The van der Waals surface area contributed by atoms with Crippen molar-refractivity contribution in [3.8, 4) is 0 Å². The number of thiocarbonyl (C=S) groups is 1. The molecular weight excluding hydrogens is 248 g/mol. The van der Waals surface area contributed by atoms with Gasteiger partial charge in [0.25, 0.3) is 0 Å². The van der Waals surface area contributed by atoms with E-state index in [2.05, 4.69) is 17.4 Å². The zero-order valence-electron chi connectivity index (χ0n) is 10.9. The SMILES string of the molecule is CN1CCN(NC(=O)C2(C(N)=S)CCCC2)CC1. The third kappa shape index (κ3) is 2.65. The van der Waals surface area contributed by atoms with Crippen molar-refractivity contribution >= 4 is 23.1 Å². The van der Waals surface area contributed by atoms with Gasteiger partial charge < -0.3 is 10.6 Å². The summed E-state index contributed by atoms with van der Waals surface area (Å²) in [5.41, 5.74) is 8.21. The second-order valence-corrected chi connectivity index (χ2v) is 5.82. The summed E-state index contributed by atoms with van der Waals surface area (Å²) in [4.78, 5) is 15.0. The predicted molar refractivity (Wildman–Crippen MR) is 74.9 cm³/mol. The van der Waals surface area contributed by atoms with Crippen LogP contribution in [0.3, 0.4) is 0 Å². The Morgan fingerprint density at radius 2 is 1.78 bits per heavy atom. The van der Waals surface area contributed by atoms with Crippen molar-refractivity contribution in [1.29, 1.82) is 0 Å². The number of nitrogens with zero attached hydrogens (tertiary/aromatic N) is 2. The molecule has 0 unspecified atom stereocenters. The summed E-state index contributed by atoms with van der Waals surface area (Å²) < 4.78 is 0. The van der Waals surface area contributed by atoms with Gasteiger partial charge in [-0.05, 0) is 19.9 Å². The summed E-state index contributed by atoms with van der Waals surface area (Å²) in [6.07, 6.45) is 3.66. The summed E-state index contributed by atoms with van der Waals surface area (Å²) in [5, 5.41) is 1.99. The number of amides is 1. The molecule has 102 valence electrons. The van der Waals surface area contributed by atoms with E-state index in [-0.39, 0.29) is 5.91 Å². The Balaban J connectivity index is 1.96. The number of hydrogen-bond acceptors (Lipinski definition) is 4. The molecule has 1 aliphatic carbocycles. The average Bonchev–Trinajstić information content (AvgIpc) is 2.82. The molecule has 0 spiro atoms. The zero-order valence-corrected chi connectivity index (χ0v) is 11.8. The van der Waals surface area contributed by atoms with E-state index < -0.39 is 5.41 Å². The number of likely N-dealkylation sites (N-methyl/N-ethyl adjacent to an activating group) is 1. The van der Waals surface area contributed by atoms with E-state index >= 15 is 0 Å². The minimum atomic E-state index is -0.599. The monoisotopic (exact) mass is 270 g/mol. The molecule has 1 amide bonds. The van der Waals surface area contributed by atoms with Gasteiger partial charge in [-0.3, -0.25) is 10.2 Å². The van der Waals surface area contributed by atoms with Gasteiger partial charge in [-0.1, -0.05) is 25.1 Å². The lowest BCUT2D eigenvalue weighted by molar-refractivity contribution is -0.133. The molecule has 1 saturated carbocycles. The van der Waals surface area contributed by atoms with Crippen LogP contribution in [0.5, 0.6) is 0 Å². The highest BCUT2D eigenvalue weighted by Gasteiger charge is 2.44. The topological polar surface area (TPSA) is 61.6 Å². The molecule has 1 heterocycles. The lowest BCUT2D eigenvalue weighted by Gasteiger charge is -2.35. The molecule has 0 aromatic carbocycles. The fourth-order valence-electron chi connectivity index (χ4n) is 2.73. The van der Waals surface area contributed by atoms with Crippen molar-refractivity contribution in [3.63, 3.8) is 0 Å². The van der Waals surface area contributed by atoms with Gasteiger partial charge in [0.15, 0.2) is 0 Å². The summed E-state index contributed by atoms with van der Waals surface area (Å²) in [6.45, 7) is 3.66. The Kier molecular flexibility index (Phi) is 4.19. The molecule has 0 atom stereocenters. The van der Waals surface area contributed by atoms with E-state index in [0.717, 1.165) is 51.9 Å². The molecular formula is C12H22N4OS. The van der Waals surface area contributed by atoms with Gasteiger partial charge in [0.05, 0.1) is 4.99 Å². The van der Waals surface area contributed by atoms with Gasteiger partial charge >= 0.3 is 0 Å². The lowest BCUT2D eigenvalue weighted by Crippen LogP contribution is -2.57. The molecule has 3 N–H and O–H groups in total. The number of nitrogens with two attached hydrogens (primary N) is 1. The van der Waals surface area contributed by atoms with Crippen molar-refractivity contribution in [2.24, 2.45) is 11.1 Å². The van der Waals surface area contributed by atoms with Crippen LogP contribution in [0.1, 0.15) is 25.7 Å². The fraction of sp³-hybridized carbons (Fsp3) is 0.833. The van der Waals surface area contributed by atoms with E-state index in [1.165, 1.54) is 0 Å². The second kappa shape index (κ2) is 5.50. The van der Waals surface area contributed by atoms with E-state index in [4.69, 9.17) is 18.0 Å². The molecule has 0 aromatic rings. The van der Waals surface area contributed by atoms with Crippen molar-refractivity contribution in [2.75, 3.05) is 33.2 Å². The standard InChI is InChI=1S/C12H22N4OS/c1-15-6-8-16(9-7-15)14-11(17)12(10(13)18)4-2-3-5-12/h2-9H2,1H3,(H2,13,18)(H,14,17). The number of rotatable bonds is 3. The first kappa shape index (κ1) is 13.7. The first-order valence-corrected chi connectivity index (χ1v) is 7.00. The Morgan fingerprint density at radius 3 is 2.28 bits per heavy atom. The van der Waals surface area contributed by atoms with Gasteiger partial charge in [0, 0.05) is 26.2 Å². The maximum absolute atomic E-state index is 12.4. The number of hydrogen-bond donors (Lipinski definition) is 2. The van der Waals surface area contributed by atoms with Gasteiger partial charge in [0.2, 0.25) is 5.91 Å². The highest BCUT2D eigenvalue weighted by atomic mass is 32.1. The van der Waals surface area contributed by atoms with Gasteiger partial charge in [0.1, 0.15) is 5.41 Å². The van der Waals surface area contributed by atoms with Crippen LogP contribution in [-0.2, 0) is 4.79 Å². The fourth-order valence-corrected chi connectivity index (χ4v) is 3.03. The first-order chi connectivity index (χ1) is 8.54.